The first-order valence-corrected chi connectivity index (χ1v) is 7.39. The van der Waals surface area contributed by atoms with Gasteiger partial charge in [0.1, 0.15) is 11.2 Å². The molecule has 1 aromatic heterocycles. The minimum absolute atomic E-state index is 0.0127. The first kappa shape index (κ1) is 13.6. The zero-order chi connectivity index (χ0) is 14.2. The summed E-state index contributed by atoms with van der Waals surface area (Å²) >= 11 is 1.50. The van der Waals surface area contributed by atoms with Crippen molar-refractivity contribution in [3.63, 3.8) is 0 Å². The molecule has 0 aromatic carbocycles. The molecular weight excluding hydrogens is 282 g/mol. The van der Waals surface area contributed by atoms with Gasteiger partial charge in [0.05, 0.1) is 6.61 Å². The summed E-state index contributed by atoms with van der Waals surface area (Å²) in [5.41, 5.74) is -1.35. The highest BCUT2D eigenvalue weighted by molar-refractivity contribution is 7.99. The number of hydrogen-bond donors (Lipinski definition) is 2. The molecule has 3 rings (SSSR count). The van der Waals surface area contributed by atoms with Gasteiger partial charge >= 0.3 is 0 Å². The third-order valence-corrected chi connectivity index (χ3v) is 4.43. The Morgan fingerprint density at radius 1 is 1.65 bits per heavy atom. The maximum atomic E-state index is 12.1. The van der Waals surface area contributed by atoms with Crippen molar-refractivity contribution in [1.29, 1.82) is 0 Å². The van der Waals surface area contributed by atoms with Gasteiger partial charge < -0.3 is 15.2 Å². The lowest BCUT2D eigenvalue weighted by Gasteiger charge is -2.20. The van der Waals surface area contributed by atoms with Gasteiger partial charge in [0, 0.05) is 38.1 Å². The molecule has 0 aliphatic carbocycles. The molecular formula is C12H15N3O4S. The van der Waals surface area contributed by atoms with Crippen LogP contribution in [0.4, 0.5) is 0 Å². The Bertz CT molecular complexity index is 595. The zero-order valence-corrected chi connectivity index (χ0v) is 11.6. The Labute approximate surface area is 119 Å². The van der Waals surface area contributed by atoms with Crippen molar-refractivity contribution >= 4 is 17.7 Å². The van der Waals surface area contributed by atoms with E-state index >= 15 is 0 Å². The Balaban J connectivity index is 1.73. The smallest absolute Gasteiger partial charge is 0.267 e. The van der Waals surface area contributed by atoms with E-state index in [1.807, 2.05) is 0 Å². The molecule has 2 N–H and O–H groups in total. The molecule has 3 heterocycles. The van der Waals surface area contributed by atoms with Crippen LogP contribution < -0.4 is 10.9 Å². The number of nitrogens with one attached hydrogen (secondary N) is 1. The van der Waals surface area contributed by atoms with E-state index < -0.39 is 11.5 Å². The summed E-state index contributed by atoms with van der Waals surface area (Å²) in [6.07, 6.45) is 1.78. The van der Waals surface area contributed by atoms with E-state index in [0.717, 1.165) is 5.75 Å². The highest BCUT2D eigenvalue weighted by atomic mass is 32.2. The van der Waals surface area contributed by atoms with Gasteiger partial charge in [0.25, 0.3) is 11.5 Å². The van der Waals surface area contributed by atoms with Crippen molar-refractivity contribution in [1.82, 2.24) is 14.9 Å². The normalized spacial score (nSPS) is 24.6. The SMILES string of the molecule is O=C(NCC1(O)CCOC1)c1cnc2n(c1=O)CCS2. The maximum absolute atomic E-state index is 12.1. The molecule has 0 spiro atoms. The fourth-order valence-electron chi connectivity index (χ4n) is 2.25. The van der Waals surface area contributed by atoms with Crippen LogP contribution in [0.25, 0.3) is 0 Å². The van der Waals surface area contributed by atoms with Gasteiger partial charge in [-0.2, -0.15) is 0 Å². The molecule has 1 unspecified atom stereocenters. The molecule has 108 valence electrons. The van der Waals surface area contributed by atoms with Gasteiger partial charge in [-0.1, -0.05) is 11.8 Å². The first-order chi connectivity index (χ1) is 9.59. The van der Waals surface area contributed by atoms with E-state index in [0.29, 0.717) is 24.7 Å². The number of aromatic nitrogens is 2. The van der Waals surface area contributed by atoms with E-state index in [4.69, 9.17) is 4.74 Å². The van der Waals surface area contributed by atoms with Crippen LogP contribution >= 0.6 is 11.8 Å². The van der Waals surface area contributed by atoms with E-state index in [1.165, 1.54) is 22.5 Å². The average Bonchev–Trinajstić information content (AvgIpc) is 3.06. The Morgan fingerprint density at radius 3 is 3.25 bits per heavy atom. The summed E-state index contributed by atoms with van der Waals surface area (Å²) in [7, 11) is 0. The number of aliphatic hydroxyl groups is 1. The number of fused-ring (bicyclic) bond motifs is 1. The molecule has 0 saturated carbocycles. The number of thioether (sulfide) groups is 1. The Hall–Kier alpha value is -1.38. The molecule has 0 bridgehead atoms. The second kappa shape index (κ2) is 5.19. The fraction of sp³-hybridized carbons (Fsp3) is 0.583. The van der Waals surface area contributed by atoms with Crippen LogP contribution in [0, 0.1) is 0 Å². The molecule has 1 aromatic rings. The second-order valence-electron chi connectivity index (χ2n) is 4.97. The van der Waals surface area contributed by atoms with Crippen molar-refractivity contribution in [2.24, 2.45) is 0 Å². The number of carbonyl (C=O) groups excluding carboxylic acids is 1. The number of amides is 1. The van der Waals surface area contributed by atoms with E-state index in [1.54, 1.807) is 0 Å². The number of hydrogen-bond acceptors (Lipinski definition) is 6. The van der Waals surface area contributed by atoms with Gasteiger partial charge in [0.15, 0.2) is 5.16 Å². The molecule has 1 atom stereocenters. The first-order valence-electron chi connectivity index (χ1n) is 6.40. The summed E-state index contributed by atoms with van der Waals surface area (Å²) < 4.78 is 6.61. The predicted molar refractivity (Wildman–Crippen MR) is 71.9 cm³/mol. The maximum Gasteiger partial charge on any atom is 0.267 e. The monoisotopic (exact) mass is 297 g/mol. The predicted octanol–water partition coefficient (Wildman–Crippen LogP) is -0.770. The van der Waals surface area contributed by atoms with Gasteiger partial charge in [0.2, 0.25) is 0 Å². The third kappa shape index (κ3) is 2.46. The van der Waals surface area contributed by atoms with Crippen LogP contribution in [0.1, 0.15) is 16.8 Å². The Kier molecular flexibility index (Phi) is 3.53. The van der Waals surface area contributed by atoms with Crippen LogP contribution in [0.15, 0.2) is 16.1 Å². The van der Waals surface area contributed by atoms with E-state index in [9.17, 15) is 14.7 Å². The molecule has 7 nitrogen and oxygen atoms in total. The molecule has 20 heavy (non-hydrogen) atoms. The average molecular weight is 297 g/mol. The van der Waals surface area contributed by atoms with Crippen molar-refractivity contribution in [2.45, 2.75) is 23.7 Å². The number of rotatable bonds is 3. The number of ether oxygens (including phenoxy) is 1. The quantitative estimate of drug-likeness (QED) is 0.712. The van der Waals surface area contributed by atoms with Crippen molar-refractivity contribution in [3.05, 3.63) is 22.1 Å². The zero-order valence-electron chi connectivity index (χ0n) is 10.8. The van der Waals surface area contributed by atoms with Gasteiger partial charge in [-0.15, -0.1) is 0 Å². The molecule has 1 amide bonds. The molecule has 0 radical (unpaired) electrons. The van der Waals surface area contributed by atoms with Crippen LogP contribution in [0.3, 0.4) is 0 Å². The van der Waals surface area contributed by atoms with Crippen LogP contribution in [-0.2, 0) is 11.3 Å². The lowest BCUT2D eigenvalue weighted by Crippen LogP contribution is -2.44. The standard InChI is InChI=1S/C12H15N3O4S/c16-9(14-6-12(18)1-3-19-7-12)8-5-13-11-15(10(8)17)2-4-20-11/h5,18H,1-4,6-7H2,(H,14,16). The van der Waals surface area contributed by atoms with Crippen LogP contribution in [0.2, 0.25) is 0 Å². The number of carbonyl (C=O) groups is 1. The highest BCUT2D eigenvalue weighted by Gasteiger charge is 2.33. The fourth-order valence-corrected chi connectivity index (χ4v) is 3.16. The minimum Gasteiger partial charge on any atom is -0.386 e. The van der Waals surface area contributed by atoms with Crippen molar-refractivity contribution in [2.75, 3.05) is 25.5 Å². The van der Waals surface area contributed by atoms with Crippen molar-refractivity contribution in [3.8, 4) is 0 Å². The molecule has 8 heteroatoms. The van der Waals surface area contributed by atoms with Crippen molar-refractivity contribution < 1.29 is 14.6 Å². The lowest BCUT2D eigenvalue weighted by atomic mass is 10.0. The molecule has 2 aliphatic rings. The van der Waals surface area contributed by atoms with Crippen LogP contribution in [-0.4, -0.2) is 51.7 Å². The van der Waals surface area contributed by atoms with Gasteiger partial charge in [-0.25, -0.2) is 4.98 Å². The highest BCUT2D eigenvalue weighted by Crippen LogP contribution is 2.20. The minimum atomic E-state index is -1.04. The lowest BCUT2D eigenvalue weighted by molar-refractivity contribution is 0.0264. The summed E-state index contributed by atoms with van der Waals surface area (Å²) in [5.74, 6) is 0.291. The summed E-state index contributed by atoms with van der Waals surface area (Å²) in [5, 5.41) is 13.3. The molecule has 2 aliphatic heterocycles. The largest absolute Gasteiger partial charge is 0.386 e. The molecule has 1 saturated heterocycles. The van der Waals surface area contributed by atoms with E-state index in [-0.39, 0.29) is 24.3 Å². The topological polar surface area (TPSA) is 93.4 Å². The molecule has 1 fully saturated rings. The second-order valence-corrected chi connectivity index (χ2v) is 6.03. The summed E-state index contributed by atoms with van der Waals surface area (Å²) in [4.78, 5) is 28.3. The summed E-state index contributed by atoms with van der Waals surface area (Å²) in [6.45, 7) is 1.32. The number of nitrogens with zero attached hydrogens (tertiary/aromatic N) is 2. The Morgan fingerprint density at radius 2 is 2.50 bits per heavy atom. The van der Waals surface area contributed by atoms with E-state index in [2.05, 4.69) is 10.3 Å². The van der Waals surface area contributed by atoms with Crippen LogP contribution in [0.5, 0.6) is 0 Å². The summed E-state index contributed by atoms with van der Waals surface area (Å²) in [6, 6.07) is 0. The van der Waals surface area contributed by atoms with Gasteiger partial charge in [-0.3, -0.25) is 14.2 Å². The third-order valence-electron chi connectivity index (χ3n) is 3.46. The van der Waals surface area contributed by atoms with Gasteiger partial charge in [-0.05, 0) is 0 Å².